The smallest absolute Gasteiger partial charge is 0.321 e. The van der Waals surface area contributed by atoms with Gasteiger partial charge >= 0.3 is 5.97 Å². The van der Waals surface area contributed by atoms with Crippen LogP contribution in [0.3, 0.4) is 0 Å². The average molecular weight is 461 g/mol. The van der Waals surface area contributed by atoms with Crippen molar-refractivity contribution in [3.05, 3.63) is 52.5 Å². The molecule has 0 saturated carbocycles. The van der Waals surface area contributed by atoms with E-state index in [1.54, 1.807) is 13.0 Å². The molecule has 2 aromatic carbocycles. The summed E-state index contributed by atoms with van der Waals surface area (Å²) in [4.78, 5) is 23.6. The minimum absolute atomic E-state index is 0.0418. The molecule has 0 atom stereocenters. The van der Waals surface area contributed by atoms with Gasteiger partial charge in [-0.05, 0) is 43.3 Å². The fourth-order valence-electron chi connectivity index (χ4n) is 2.11. The molecule has 2 aromatic rings. The summed E-state index contributed by atoms with van der Waals surface area (Å²) in [5, 5.41) is 2.86. The van der Waals surface area contributed by atoms with Crippen LogP contribution in [0.15, 0.2) is 47.4 Å². The minimum atomic E-state index is -3.93. The van der Waals surface area contributed by atoms with Crippen LogP contribution in [0.1, 0.15) is 6.92 Å². The molecule has 0 aliphatic heterocycles. The molecular weight excluding hydrogens is 443 g/mol. The first-order valence-corrected chi connectivity index (χ1v) is 10.6. The van der Waals surface area contributed by atoms with Gasteiger partial charge in [0.1, 0.15) is 12.3 Å². The zero-order valence-corrected chi connectivity index (χ0v) is 17.6. The molecule has 0 spiro atoms. The Morgan fingerprint density at radius 3 is 2.24 bits per heavy atom. The van der Waals surface area contributed by atoms with E-state index in [0.717, 1.165) is 0 Å². The van der Waals surface area contributed by atoms with E-state index in [1.807, 2.05) is 0 Å². The lowest BCUT2D eigenvalue weighted by Crippen LogP contribution is -2.32. The Bertz CT molecular complexity index is 960. The van der Waals surface area contributed by atoms with Crippen LogP contribution in [0.5, 0.6) is 5.75 Å². The van der Waals surface area contributed by atoms with Gasteiger partial charge in [0, 0.05) is 0 Å². The molecule has 2 N–H and O–H groups in total. The van der Waals surface area contributed by atoms with Gasteiger partial charge in [-0.1, -0.05) is 29.3 Å². The van der Waals surface area contributed by atoms with Gasteiger partial charge < -0.3 is 14.8 Å². The summed E-state index contributed by atoms with van der Waals surface area (Å²) >= 11 is 11.9. The van der Waals surface area contributed by atoms with Gasteiger partial charge in [0.2, 0.25) is 10.0 Å². The lowest BCUT2D eigenvalue weighted by Gasteiger charge is -2.10. The van der Waals surface area contributed by atoms with Crippen LogP contribution < -0.4 is 14.8 Å². The van der Waals surface area contributed by atoms with Crippen LogP contribution >= 0.6 is 23.2 Å². The molecule has 0 unspecified atom stereocenters. The third kappa shape index (κ3) is 6.90. The quantitative estimate of drug-likeness (QED) is 0.556. The molecule has 0 saturated heterocycles. The van der Waals surface area contributed by atoms with Crippen LogP contribution in [-0.4, -0.2) is 40.1 Å². The van der Waals surface area contributed by atoms with E-state index in [0.29, 0.717) is 12.4 Å². The normalized spacial score (nSPS) is 11.0. The Morgan fingerprint density at radius 2 is 1.66 bits per heavy atom. The van der Waals surface area contributed by atoms with Crippen molar-refractivity contribution in [1.29, 1.82) is 0 Å². The molecule has 0 fully saturated rings. The number of para-hydroxylation sites is 1. The van der Waals surface area contributed by atoms with Gasteiger partial charge in [0.25, 0.3) is 5.91 Å². The Hall–Kier alpha value is -2.33. The third-order valence-corrected chi connectivity index (χ3v) is 5.49. The topological polar surface area (TPSA) is 111 Å². The van der Waals surface area contributed by atoms with Crippen molar-refractivity contribution in [2.75, 3.05) is 25.1 Å². The van der Waals surface area contributed by atoms with Gasteiger partial charge in [0.15, 0.2) is 6.61 Å². The molecule has 8 nitrogen and oxygen atoms in total. The molecule has 0 aliphatic carbocycles. The summed E-state index contributed by atoms with van der Waals surface area (Å²) in [5.74, 6) is -1.09. The van der Waals surface area contributed by atoms with Gasteiger partial charge in [-0.2, -0.15) is 4.72 Å². The first-order chi connectivity index (χ1) is 13.7. The van der Waals surface area contributed by atoms with E-state index < -0.39 is 35.1 Å². The molecule has 0 bridgehead atoms. The van der Waals surface area contributed by atoms with Gasteiger partial charge in [-0.3, -0.25) is 9.59 Å². The highest BCUT2D eigenvalue weighted by Crippen LogP contribution is 2.29. The van der Waals surface area contributed by atoms with E-state index in [4.69, 9.17) is 32.7 Å². The summed E-state index contributed by atoms with van der Waals surface area (Å²) in [7, 11) is -3.93. The number of hydrogen-bond donors (Lipinski definition) is 2. The van der Waals surface area contributed by atoms with Gasteiger partial charge in [0.05, 0.1) is 27.2 Å². The van der Waals surface area contributed by atoms with Crippen LogP contribution in [0.2, 0.25) is 10.0 Å². The molecule has 0 radical (unpaired) electrons. The Balaban J connectivity index is 1.83. The maximum absolute atomic E-state index is 12.2. The SMILES string of the molecule is CCOc1ccc(S(=O)(=O)NCC(=O)OCC(=O)Nc2c(Cl)cccc2Cl)cc1. The van der Waals surface area contributed by atoms with Crippen molar-refractivity contribution in [2.24, 2.45) is 0 Å². The van der Waals surface area contributed by atoms with Crippen molar-refractivity contribution < 1.29 is 27.5 Å². The average Bonchev–Trinajstić information content (AvgIpc) is 2.68. The van der Waals surface area contributed by atoms with E-state index in [1.165, 1.54) is 36.4 Å². The van der Waals surface area contributed by atoms with Crippen molar-refractivity contribution in [1.82, 2.24) is 4.72 Å². The summed E-state index contributed by atoms with van der Waals surface area (Å²) in [6, 6.07) is 10.4. The van der Waals surface area contributed by atoms with E-state index in [2.05, 4.69) is 10.0 Å². The molecule has 29 heavy (non-hydrogen) atoms. The second-order valence-electron chi connectivity index (χ2n) is 5.53. The number of esters is 1. The fraction of sp³-hybridized carbons (Fsp3) is 0.222. The summed E-state index contributed by atoms with van der Waals surface area (Å²) < 4.78 is 36.5. The van der Waals surface area contributed by atoms with Crippen molar-refractivity contribution >= 4 is 50.8 Å². The number of nitrogens with one attached hydrogen (secondary N) is 2. The number of benzene rings is 2. The molecule has 11 heteroatoms. The second kappa shape index (κ2) is 10.4. The second-order valence-corrected chi connectivity index (χ2v) is 8.12. The molecule has 0 aliphatic rings. The zero-order chi connectivity index (χ0) is 21.4. The van der Waals surface area contributed by atoms with Gasteiger partial charge in [-0.15, -0.1) is 0 Å². The van der Waals surface area contributed by atoms with Crippen molar-refractivity contribution in [3.63, 3.8) is 0 Å². The monoisotopic (exact) mass is 460 g/mol. The van der Waals surface area contributed by atoms with E-state index in [9.17, 15) is 18.0 Å². The Labute approximate surface area is 178 Å². The number of sulfonamides is 1. The van der Waals surface area contributed by atoms with Crippen LogP contribution in [0, 0.1) is 0 Å². The van der Waals surface area contributed by atoms with Crippen LogP contribution in [0.25, 0.3) is 0 Å². The molecule has 156 valence electrons. The largest absolute Gasteiger partial charge is 0.494 e. The predicted octanol–water partition coefficient (Wildman–Crippen LogP) is 2.85. The lowest BCUT2D eigenvalue weighted by atomic mass is 10.3. The van der Waals surface area contributed by atoms with Crippen molar-refractivity contribution in [2.45, 2.75) is 11.8 Å². The number of halogens is 2. The number of carbonyl (C=O) groups is 2. The van der Waals surface area contributed by atoms with Gasteiger partial charge in [-0.25, -0.2) is 8.42 Å². The summed E-state index contributed by atoms with van der Waals surface area (Å²) in [6.45, 7) is 0.981. The highest BCUT2D eigenvalue weighted by molar-refractivity contribution is 7.89. The lowest BCUT2D eigenvalue weighted by molar-refractivity contribution is -0.146. The minimum Gasteiger partial charge on any atom is -0.494 e. The highest BCUT2D eigenvalue weighted by Gasteiger charge is 2.17. The maximum atomic E-state index is 12.2. The predicted molar refractivity (Wildman–Crippen MR) is 109 cm³/mol. The zero-order valence-electron chi connectivity index (χ0n) is 15.3. The molecule has 2 rings (SSSR count). The number of rotatable bonds is 9. The third-order valence-electron chi connectivity index (χ3n) is 3.44. The number of hydrogen-bond acceptors (Lipinski definition) is 6. The first kappa shape index (κ1) is 23.0. The molecule has 0 aromatic heterocycles. The number of carbonyl (C=O) groups excluding carboxylic acids is 2. The standard InChI is InChI=1S/C18H18Cl2N2O6S/c1-2-27-12-6-8-13(9-7-12)29(25,26)21-10-17(24)28-11-16(23)22-18-14(19)4-3-5-15(18)20/h3-9,21H,2,10-11H2,1H3,(H,22,23). The number of anilines is 1. The van der Waals surface area contributed by atoms with E-state index in [-0.39, 0.29) is 20.6 Å². The summed E-state index contributed by atoms with van der Waals surface area (Å²) in [6.07, 6.45) is 0. The fourth-order valence-corrected chi connectivity index (χ4v) is 3.57. The molecule has 0 heterocycles. The van der Waals surface area contributed by atoms with Crippen LogP contribution in [-0.2, 0) is 24.3 Å². The first-order valence-electron chi connectivity index (χ1n) is 8.35. The number of amides is 1. The highest BCUT2D eigenvalue weighted by atomic mass is 35.5. The Morgan fingerprint density at radius 1 is 1.03 bits per heavy atom. The Kier molecular flexibility index (Phi) is 8.27. The summed E-state index contributed by atoms with van der Waals surface area (Å²) in [5.41, 5.74) is 0.188. The number of ether oxygens (including phenoxy) is 2. The van der Waals surface area contributed by atoms with E-state index >= 15 is 0 Å². The van der Waals surface area contributed by atoms with Crippen LogP contribution in [0.4, 0.5) is 5.69 Å². The maximum Gasteiger partial charge on any atom is 0.321 e. The molecular formula is C18H18Cl2N2O6S. The molecule has 1 amide bonds. The van der Waals surface area contributed by atoms with Crippen molar-refractivity contribution in [3.8, 4) is 5.75 Å².